The average molecular weight is 254 g/mol. The van der Waals surface area contributed by atoms with Crippen molar-refractivity contribution >= 4 is 17.4 Å². The zero-order valence-electron chi connectivity index (χ0n) is 10.6. The highest BCUT2D eigenvalue weighted by atomic mass is 32.2. The SMILES string of the molecule is CCSc1ccc(N(C)CC(O)CCN)cc1. The molecular formula is C13H22N2OS. The largest absolute Gasteiger partial charge is 0.391 e. The molecule has 0 fully saturated rings. The maximum atomic E-state index is 9.69. The van der Waals surface area contributed by atoms with Gasteiger partial charge in [0.05, 0.1) is 6.10 Å². The second kappa shape index (κ2) is 7.58. The van der Waals surface area contributed by atoms with Gasteiger partial charge in [0.1, 0.15) is 0 Å². The first-order chi connectivity index (χ1) is 8.17. The molecule has 4 heteroatoms. The van der Waals surface area contributed by atoms with E-state index in [9.17, 15) is 5.11 Å². The molecule has 0 aliphatic carbocycles. The van der Waals surface area contributed by atoms with E-state index in [-0.39, 0.29) is 6.10 Å². The Bertz CT molecular complexity index is 316. The van der Waals surface area contributed by atoms with Gasteiger partial charge in [-0.25, -0.2) is 0 Å². The van der Waals surface area contributed by atoms with Crippen LogP contribution in [0.4, 0.5) is 5.69 Å². The van der Waals surface area contributed by atoms with Crippen molar-refractivity contribution in [1.82, 2.24) is 0 Å². The van der Waals surface area contributed by atoms with Crippen molar-refractivity contribution in [3.8, 4) is 0 Å². The second-order valence-electron chi connectivity index (χ2n) is 4.04. The average Bonchev–Trinajstić information content (AvgIpc) is 2.30. The van der Waals surface area contributed by atoms with E-state index in [1.807, 2.05) is 18.8 Å². The lowest BCUT2D eigenvalue weighted by Gasteiger charge is -2.22. The molecule has 0 saturated carbocycles. The van der Waals surface area contributed by atoms with Crippen molar-refractivity contribution in [3.05, 3.63) is 24.3 Å². The first-order valence-electron chi connectivity index (χ1n) is 5.99. The summed E-state index contributed by atoms with van der Waals surface area (Å²) in [5.41, 5.74) is 6.54. The minimum Gasteiger partial charge on any atom is -0.391 e. The predicted octanol–water partition coefficient (Wildman–Crippen LogP) is 1.94. The topological polar surface area (TPSA) is 49.5 Å². The molecule has 3 N–H and O–H groups in total. The van der Waals surface area contributed by atoms with Gasteiger partial charge in [-0.05, 0) is 43.0 Å². The van der Waals surface area contributed by atoms with E-state index in [0.29, 0.717) is 19.5 Å². The number of hydrogen-bond acceptors (Lipinski definition) is 4. The third kappa shape index (κ3) is 4.98. The Labute approximate surface area is 108 Å². The van der Waals surface area contributed by atoms with Crippen LogP contribution in [0.3, 0.4) is 0 Å². The van der Waals surface area contributed by atoms with E-state index in [1.54, 1.807) is 0 Å². The van der Waals surface area contributed by atoms with Crippen LogP contribution in [-0.2, 0) is 0 Å². The van der Waals surface area contributed by atoms with Crippen molar-refractivity contribution in [2.45, 2.75) is 24.3 Å². The Hall–Kier alpha value is -0.710. The van der Waals surface area contributed by atoms with Gasteiger partial charge in [0.2, 0.25) is 0 Å². The van der Waals surface area contributed by atoms with Gasteiger partial charge in [-0.2, -0.15) is 0 Å². The maximum absolute atomic E-state index is 9.69. The highest BCUT2D eigenvalue weighted by molar-refractivity contribution is 7.99. The van der Waals surface area contributed by atoms with Crippen LogP contribution in [0.15, 0.2) is 29.2 Å². The molecule has 0 saturated heterocycles. The van der Waals surface area contributed by atoms with Crippen LogP contribution in [0.25, 0.3) is 0 Å². The Morgan fingerprint density at radius 2 is 2.00 bits per heavy atom. The van der Waals surface area contributed by atoms with Gasteiger partial charge in [-0.15, -0.1) is 11.8 Å². The van der Waals surface area contributed by atoms with Gasteiger partial charge in [-0.1, -0.05) is 6.92 Å². The van der Waals surface area contributed by atoms with Gasteiger partial charge in [0, 0.05) is 24.2 Å². The van der Waals surface area contributed by atoms with Crippen LogP contribution in [0, 0.1) is 0 Å². The van der Waals surface area contributed by atoms with Crippen LogP contribution >= 0.6 is 11.8 Å². The number of rotatable bonds is 7. The number of nitrogens with two attached hydrogens (primary N) is 1. The fraction of sp³-hybridized carbons (Fsp3) is 0.538. The standard InChI is InChI=1S/C13H22N2OS/c1-3-17-13-6-4-11(5-7-13)15(2)10-12(16)8-9-14/h4-7,12,16H,3,8-10,14H2,1-2H3. The first-order valence-corrected chi connectivity index (χ1v) is 6.98. The van der Waals surface area contributed by atoms with Crippen molar-refractivity contribution in [3.63, 3.8) is 0 Å². The minimum absolute atomic E-state index is 0.352. The number of aliphatic hydroxyl groups excluding tert-OH is 1. The van der Waals surface area contributed by atoms with E-state index in [0.717, 1.165) is 11.4 Å². The number of likely N-dealkylation sites (N-methyl/N-ethyl adjacent to an activating group) is 1. The number of benzene rings is 1. The number of anilines is 1. The third-order valence-electron chi connectivity index (χ3n) is 2.57. The summed E-state index contributed by atoms with van der Waals surface area (Å²) >= 11 is 1.83. The molecular weight excluding hydrogens is 232 g/mol. The zero-order valence-corrected chi connectivity index (χ0v) is 11.4. The van der Waals surface area contributed by atoms with Gasteiger partial charge in [-0.3, -0.25) is 0 Å². The Balaban J connectivity index is 2.53. The molecule has 0 amide bonds. The number of aliphatic hydroxyl groups is 1. The van der Waals surface area contributed by atoms with Crippen LogP contribution in [-0.4, -0.2) is 37.1 Å². The number of nitrogens with zero attached hydrogens (tertiary/aromatic N) is 1. The molecule has 96 valence electrons. The molecule has 0 aliphatic rings. The van der Waals surface area contributed by atoms with E-state index in [1.165, 1.54) is 4.90 Å². The molecule has 0 radical (unpaired) electrons. The molecule has 0 spiro atoms. The summed E-state index contributed by atoms with van der Waals surface area (Å²) in [6.07, 6.45) is 0.295. The summed E-state index contributed by atoms with van der Waals surface area (Å²) in [4.78, 5) is 3.34. The van der Waals surface area contributed by atoms with Crippen molar-refractivity contribution in [2.75, 3.05) is 30.8 Å². The highest BCUT2D eigenvalue weighted by Gasteiger charge is 2.07. The lowest BCUT2D eigenvalue weighted by Crippen LogP contribution is -2.30. The lowest BCUT2D eigenvalue weighted by molar-refractivity contribution is 0.174. The molecule has 0 bridgehead atoms. The van der Waals surface area contributed by atoms with Gasteiger partial charge in [0.25, 0.3) is 0 Å². The molecule has 17 heavy (non-hydrogen) atoms. The fourth-order valence-electron chi connectivity index (χ4n) is 1.67. The Morgan fingerprint density at radius 1 is 1.35 bits per heavy atom. The molecule has 1 aromatic rings. The van der Waals surface area contributed by atoms with E-state index >= 15 is 0 Å². The van der Waals surface area contributed by atoms with Crippen LogP contribution in [0.2, 0.25) is 0 Å². The van der Waals surface area contributed by atoms with E-state index in [2.05, 4.69) is 36.1 Å². The van der Waals surface area contributed by atoms with Gasteiger partial charge in [0.15, 0.2) is 0 Å². The lowest BCUT2D eigenvalue weighted by atomic mass is 10.2. The summed E-state index contributed by atoms with van der Waals surface area (Å²) in [5, 5.41) is 9.69. The normalized spacial score (nSPS) is 12.5. The number of thioether (sulfide) groups is 1. The monoisotopic (exact) mass is 254 g/mol. The molecule has 0 aromatic heterocycles. The smallest absolute Gasteiger partial charge is 0.0726 e. The van der Waals surface area contributed by atoms with Crippen LogP contribution < -0.4 is 10.6 Å². The summed E-state index contributed by atoms with van der Waals surface area (Å²) in [5.74, 6) is 1.09. The molecule has 1 rings (SSSR count). The summed E-state index contributed by atoms with van der Waals surface area (Å²) < 4.78 is 0. The Morgan fingerprint density at radius 3 is 2.53 bits per heavy atom. The minimum atomic E-state index is -0.352. The molecule has 0 aliphatic heterocycles. The molecule has 1 unspecified atom stereocenters. The third-order valence-corrected chi connectivity index (χ3v) is 3.47. The maximum Gasteiger partial charge on any atom is 0.0726 e. The molecule has 1 aromatic carbocycles. The zero-order chi connectivity index (χ0) is 12.7. The quantitative estimate of drug-likeness (QED) is 0.730. The number of hydrogen-bond donors (Lipinski definition) is 2. The van der Waals surface area contributed by atoms with Gasteiger partial charge >= 0.3 is 0 Å². The summed E-state index contributed by atoms with van der Waals surface area (Å²) in [6, 6.07) is 8.42. The fourth-order valence-corrected chi connectivity index (χ4v) is 2.33. The Kier molecular flexibility index (Phi) is 6.40. The van der Waals surface area contributed by atoms with Crippen LogP contribution in [0.1, 0.15) is 13.3 Å². The van der Waals surface area contributed by atoms with Crippen LogP contribution in [0.5, 0.6) is 0 Å². The van der Waals surface area contributed by atoms with Crippen molar-refractivity contribution in [2.24, 2.45) is 5.73 Å². The summed E-state index contributed by atoms with van der Waals surface area (Å²) in [6.45, 7) is 3.30. The second-order valence-corrected chi connectivity index (χ2v) is 5.38. The highest BCUT2D eigenvalue weighted by Crippen LogP contribution is 2.21. The van der Waals surface area contributed by atoms with E-state index < -0.39 is 0 Å². The van der Waals surface area contributed by atoms with E-state index in [4.69, 9.17) is 5.73 Å². The first kappa shape index (κ1) is 14.4. The molecule has 3 nitrogen and oxygen atoms in total. The van der Waals surface area contributed by atoms with Crippen molar-refractivity contribution in [1.29, 1.82) is 0 Å². The van der Waals surface area contributed by atoms with Crippen molar-refractivity contribution < 1.29 is 5.11 Å². The molecule has 0 heterocycles. The van der Waals surface area contributed by atoms with Gasteiger partial charge < -0.3 is 15.7 Å². The predicted molar refractivity (Wildman–Crippen MR) is 75.8 cm³/mol. The molecule has 1 atom stereocenters. The summed E-state index contributed by atoms with van der Waals surface area (Å²) in [7, 11) is 1.99.